The number of halogens is 2. The van der Waals surface area contributed by atoms with Crippen LogP contribution in [0, 0.1) is 13.8 Å². The fourth-order valence-corrected chi connectivity index (χ4v) is 5.35. The largest absolute Gasteiger partial charge is 1.00 e. The van der Waals surface area contributed by atoms with Gasteiger partial charge in [0.25, 0.3) is 0 Å². The number of pyridine rings is 2. The molecule has 0 fully saturated rings. The second kappa shape index (κ2) is 6.08. The second-order valence-corrected chi connectivity index (χ2v) is 13.2. The Bertz CT molecular complexity index is 462. The smallest absolute Gasteiger partial charge is 1.00 e. The van der Waals surface area contributed by atoms with E-state index in [-0.39, 0.29) is 17.0 Å². The molecule has 0 radical (unpaired) electrons. The van der Waals surface area contributed by atoms with Gasteiger partial charge >= 0.3 is 111 Å². The summed E-state index contributed by atoms with van der Waals surface area (Å²) in [5.41, 5.74) is 2.58. The van der Waals surface area contributed by atoms with Crippen molar-refractivity contribution in [2.45, 2.75) is 20.4 Å². The summed E-state index contributed by atoms with van der Waals surface area (Å²) in [6.45, 7) is 6.51. The van der Waals surface area contributed by atoms with E-state index in [1.807, 2.05) is 0 Å². The van der Waals surface area contributed by atoms with Crippen molar-refractivity contribution in [3.63, 3.8) is 0 Å². The van der Waals surface area contributed by atoms with Gasteiger partial charge in [-0.05, 0) is 0 Å². The van der Waals surface area contributed by atoms with E-state index in [1.165, 1.54) is 11.1 Å². The number of aryl methyl sites for hydroxylation is 2. The first-order chi connectivity index (χ1) is 8.00. The van der Waals surface area contributed by atoms with Gasteiger partial charge in [-0.1, -0.05) is 0 Å². The monoisotopic (exact) mass is 388 g/mol. The number of hydrogen-bond donors (Lipinski definition) is 0. The van der Waals surface area contributed by atoms with Crippen molar-refractivity contribution in [1.29, 1.82) is 0 Å². The van der Waals surface area contributed by atoms with E-state index in [2.05, 4.69) is 93.2 Å². The minimum atomic E-state index is -2.17. The van der Waals surface area contributed by atoms with Crippen LogP contribution in [0.15, 0.2) is 49.1 Å². The fraction of sp³-hybridized carbons (Fsp3) is 0.231. The number of nitrogens with zero attached hydrogens (tertiary/aromatic N) is 2. The standard InChI is InChI=1S/C13H18BrN2Si.BrH/c1-12-4-8-15(9-5-12)17(3,14)16-10-6-13(2)7-11-16;/h4-11,17H,1-3H3;1H/q+1;/p-1. The first kappa shape index (κ1) is 15.5. The van der Waals surface area contributed by atoms with Crippen LogP contribution < -0.4 is 25.4 Å². The Morgan fingerprint density at radius 1 is 0.833 bits per heavy atom. The Morgan fingerprint density at radius 2 is 1.11 bits per heavy atom. The van der Waals surface area contributed by atoms with Crippen molar-refractivity contribution in [3.05, 3.63) is 60.2 Å². The van der Waals surface area contributed by atoms with Crippen LogP contribution in [-0.2, 0) is 0 Å². The van der Waals surface area contributed by atoms with Crippen LogP contribution >= 0.6 is 15.3 Å². The van der Waals surface area contributed by atoms with Gasteiger partial charge in [-0.3, -0.25) is 0 Å². The summed E-state index contributed by atoms with van der Waals surface area (Å²) in [6.07, 6.45) is 8.62. The third kappa shape index (κ3) is 3.27. The Morgan fingerprint density at radius 3 is 1.39 bits per heavy atom. The zero-order valence-electron chi connectivity index (χ0n) is 10.8. The van der Waals surface area contributed by atoms with Gasteiger partial charge in [0, 0.05) is 0 Å². The molecule has 0 unspecified atom stereocenters. The van der Waals surface area contributed by atoms with E-state index in [9.17, 15) is 0 Å². The SMILES string of the molecule is Cc1cc[n+]([SiH-](C)(Br)[n+]2ccc(C)cc2)cc1.[Br-]. The van der Waals surface area contributed by atoms with Gasteiger partial charge in [0.1, 0.15) is 0 Å². The Balaban J connectivity index is 0.00000162. The van der Waals surface area contributed by atoms with Gasteiger partial charge in [0.2, 0.25) is 0 Å². The van der Waals surface area contributed by atoms with E-state index in [0.717, 1.165) is 0 Å². The summed E-state index contributed by atoms with van der Waals surface area (Å²) in [5.74, 6) is 0. The molecule has 2 aromatic heterocycles. The molecule has 2 nitrogen and oxygen atoms in total. The molecular weight excluding hydrogens is 372 g/mol. The minimum absolute atomic E-state index is 0. The first-order valence-corrected chi connectivity index (χ1v) is 11.2. The Kier molecular flexibility index (Phi) is 5.25. The Labute approximate surface area is 128 Å². The van der Waals surface area contributed by atoms with Crippen LogP contribution in [0.3, 0.4) is 0 Å². The predicted molar refractivity (Wildman–Crippen MR) is 75.5 cm³/mol. The molecule has 0 amide bonds. The van der Waals surface area contributed by atoms with Crippen molar-refractivity contribution < 1.29 is 25.4 Å². The molecule has 0 saturated heterocycles. The fourth-order valence-electron chi connectivity index (χ4n) is 1.81. The van der Waals surface area contributed by atoms with Crippen LogP contribution in [-0.4, -0.2) is 7.02 Å². The zero-order valence-corrected chi connectivity index (χ0v) is 15.2. The number of rotatable bonds is 2. The molecule has 98 valence electrons. The van der Waals surface area contributed by atoms with Gasteiger partial charge < -0.3 is 17.0 Å². The third-order valence-electron chi connectivity index (χ3n) is 3.13. The molecule has 18 heavy (non-hydrogen) atoms. The molecule has 0 aliphatic carbocycles. The quantitative estimate of drug-likeness (QED) is 0.458. The maximum atomic E-state index is 3.94. The van der Waals surface area contributed by atoms with E-state index in [1.54, 1.807) is 0 Å². The van der Waals surface area contributed by atoms with Gasteiger partial charge in [0.05, 0.1) is 0 Å². The Hall–Kier alpha value is -0.523. The molecule has 0 N–H and O–H groups in total. The molecule has 0 atom stereocenters. The number of hydrogen-bond acceptors (Lipinski definition) is 0. The molecule has 0 bridgehead atoms. The molecule has 0 aromatic carbocycles. The van der Waals surface area contributed by atoms with Gasteiger partial charge in [-0.15, -0.1) is 0 Å². The van der Waals surface area contributed by atoms with Crippen LogP contribution in [0.1, 0.15) is 11.1 Å². The van der Waals surface area contributed by atoms with Gasteiger partial charge in [-0.25, -0.2) is 0 Å². The maximum Gasteiger partial charge on any atom is -1.00 e. The van der Waals surface area contributed by atoms with E-state index < -0.39 is 7.02 Å². The molecule has 0 saturated carbocycles. The molecular formula is C13H18Br2N2Si. The van der Waals surface area contributed by atoms with E-state index in [0.29, 0.717) is 0 Å². The van der Waals surface area contributed by atoms with Crippen molar-refractivity contribution in [1.82, 2.24) is 0 Å². The molecule has 5 heteroatoms. The van der Waals surface area contributed by atoms with Crippen LogP contribution in [0.25, 0.3) is 0 Å². The van der Waals surface area contributed by atoms with Crippen LogP contribution in [0.4, 0.5) is 0 Å². The molecule has 0 aliphatic heterocycles. The van der Waals surface area contributed by atoms with Crippen molar-refractivity contribution >= 4 is 22.3 Å². The summed E-state index contributed by atoms with van der Waals surface area (Å²) in [5, 5.41) is 0. The second-order valence-electron chi connectivity index (χ2n) is 4.69. The topological polar surface area (TPSA) is 7.76 Å². The van der Waals surface area contributed by atoms with Crippen LogP contribution in [0.2, 0.25) is 6.55 Å². The van der Waals surface area contributed by atoms with Gasteiger partial charge in [-0.2, -0.15) is 0 Å². The molecule has 2 rings (SSSR count). The summed E-state index contributed by atoms with van der Waals surface area (Å²) in [4.78, 5) is 0. The molecule has 0 aliphatic rings. The average molecular weight is 390 g/mol. The van der Waals surface area contributed by atoms with Crippen molar-refractivity contribution in [3.8, 4) is 0 Å². The van der Waals surface area contributed by atoms with E-state index in [4.69, 9.17) is 0 Å². The van der Waals surface area contributed by atoms with Gasteiger partial charge in [0.15, 0.2) is 0 Å². The summed E-state index contributed by atoms with van der Waals surface area (Å²) in [6, 6.07) is 8.59. The molecule has 0 spiro atoms. The van der Waals surface area contributed by atoms with Crippen molar-refractivity contribution in [2.24, 2.45) is 0 Å². The average Bonchev–Trinajstić information content (AvgIpc) is 2.30. The summed E-state index contributed by atoms with van der Waals surface area (Å²) in [7, 11) is -2.17. The normalized spacial score (nSPS) is 11.8. The molecule has 2 aromatic rings. The first-order valence-electron chi connectivity index (χ1n) is 5.83. The number of aromatic nitrogens is 2. The molecule has 2 heterocycles. The van der Waals surface area contributed by atoms with E-state index >= 15 is 0 Å². The van der Waals surface area contributed by atoms with Crippen LogP contribution in [0.5, 0.6) is 0 Å². The minimum Gasteiger partial charge on any atom is -1.00 e. The summed E-state index contributed by atoms with van der Waals surface area (Å²) >= 11 is 3.94. The third-order valence-corrected chi connectivity index (χ3v) is 8.83. The summed E-state index contributed by atoms with van der Waals surface area (Å²) < 4.78 is 4.60. The van der Waals surface area contributed by atoms with Crippen molar-refractivity contribution in [2.75, 3.05) is 0 Å². The predicted octanol–water partition coefficient (Wildman–Crippen LogP) is -1.03. The maximum absolute atomic E-state index is 3.94. The zero-order chi connectivity index (χ0) is 12.5.